The minimum Gasteiger partial charge on any atom is -0.351 e. The van der Waals surface area contributed by atoms with E-state index in [1.165, 1.54) is 0 Å². The molecule has 0 radical (unpaired) electrons. The molecule has 3 heterocycles. The molecule has 0 spiro atoms. The average Bonchev–Trinajstić information content (AvgIpc) is 3.32. The predicted octanol–water partition coefficient (Wildman–Crippen LogP) is 5.63. The molecule has 0 aliphatic carbocycles. The highest BCUT2D eigenvalue weighted by Gasteiger charge is 2.41. The number of thiophene rings is 1. The van der Waals surface area contributed by atoms with Crippen LogP contribution in [0.2, 0.25) is 4.34 Å². The molecule has 1 aliphatic rings. The van der Waals surface area contributed by atoms with Crippen LogP contribution in [0.4, 0.5) is 11.4 Å². The quantitative estimate of drug-likeness (QED) is 0.487. The molecule has 1 saturated heterocycles. The predicted molar refractivity (Wildman–Crippen MR) is 127 cm³/mol. The van der Waals surface area contributed by atoms with Gasteiger partial charge in [-0.3, -0.25) is 9.78 Å². The van der Waals surface area contributed by atoms with Gasteiger partial charge in [-0.15, -0.1) is 11.3 Å². The lowest BCUT2D eigenvalue weighted by atomic mass is 10.0. The number of aromatic nitrogens is 1. The molecule has 5 nitrogen and oxygen atoms in total. The molecule has 154 valence electrons. The molecule has 0 bridgehead atoms. The minimum atomic E-state index is -0.104. The lowest BCUT2D eigenvalue weighted by Gasteiger charge is -2.27. The number of amides is 1. The SMILES string of the molecule is CCC(=O)Nc1ccc(N2C(=S)N[C@@H](c3ccccn3)[C@H]2c2ccc(Cl)s2)cc1C. The van der Waals surface area contributed by atoms with Crippen LogP contribution in [0.3, 0.4) is 0 Å². The van der Waals surface area contributed by atoms with E-state index in [-0.39, 0.29) is 18.0 Å². The second kappa shape index (κ2) is 8.71. The van der Waals surface area contributed by atoms with Gasteiger partial charge in [-0.1, -0.05) is 24.6 Å². The topological polar surface area (TPSA) is 57.3 Å². The highest BCUT2D eigenvalue weighted by molar-refractivity contribution is 7.80. The number of hydrogen-bond acceptors (Lipinski definition) is 4. The molecule has 2 N–H and O–H groups in total. The smallest absolute Gasteiger partial charge is 0.224 e. The van der Waals surface area contributed by atoms with Crippen LogP contribution in [0, 0.1) is 6.92 Å². The third kappa shape index (κ3) is 4.05. The number of hydrogen-bond donors (Lipinski definition) is 2. The second-order valence-corrected chi connectivity index (χ2v) is 9.17. The van der Waals surface area contributed by atoms with Crippen LogP contribution in [0.25, 0.3) is 0 Å². The largest absolute Gasteiger partial charge is 0.351 e. The summed E-state index contributed by atoms with van der Waals surface area (Å²) in [6.45, 7) is 3.82. The standard InChI is InChI=1S/C22H21ClN4OS2/c1-3-19(28)25-15-8-7-14(12-13(15)2)27-21(17-9-10-18(23)30-17)20(26-22(27)29)16-6-4-5-11-24-16/h4-12,20-21H,3H2,1-2H3,(H,25,28)(H,26,29)/t20-,21+/m0/s1. The van der Waals surface area contributed by atoms with E-state index >= 15 is 0 Å². The lowest BCUT2D eigenvalue weighted by molar-refractivity contribution is -0.115. The Morgan fingerprint density at radius 1 is 1.30 bits per heavy atom. The summed E-state index contributed by atoms with van der Waals surface area (Å²) in [5.41, 5.74) is 3.65. The fourth-order valence-corrected chi connectivity index (χ4v) is 5.12. The lowest BCUT2D eigenvalue weighted by Crippen LogP contribution is -2.29. The van der Waals surface area contributed by atoms with E-state index in [1.807, 2.05) is 62.4 Å². The number of thiocarbonyl (C=S) groups is 1. The van der Waals surface area contributed by atoms with Gasteiger partial charge in [-0.25, -0.2) is 0 Å². The first kappa shape index (κ1) is 20.8. The zero-order valence-electron chi connectivity index (χ0n) is 16.6. The van der Waals surface area contributed by atoms with Crippen molar-refractivity contribution in [2.45, 2.75) is 32.4 Å². The Kier molecular flexibility index (Phi) is 6.04. The summed E-state index contributed by atoms with van der Waals surface area (Å²) < 4.78 is 0.733. The molecule has 1 aromatic carbocycles. The molecule has 1 amide bonds. The Balaban J connectivity index is 1.74. The van der Waals surface area contributed by atoms with E-state index in [4.69, 9.17) is 23.8 Å². The van der Waals surface area contributed by atoms with Gasteiger partial charge in [0, 0.05) is 28.9 Å². The molecule has 2 aromatic heterocycles. The molecule has 1 aliphatic heterocycles. The summed E-state index contributed by atoms with van der Waals surface area (Å²) in [6, 6.07) is 15.6. The Hall–Kier alpha value is -2.48. The fraction of sp³-hybridized carbons (Fsp3) is 0.227. The summed E-state index contributed by atoms with van der Waals surface area (Å²) in [5, 5.41) is 7.01. The van der Waals surface area contributed by atoms with Gasteiger partial charge in [0.2, 0.25) is 5.91 Å². The normalized spacial score (nSPS) is 18.4. The summed E-state index contributed by atoms with van der Waals surface area (Å²) in [4.78, 5) is 19.6. The van der Waals surface area contributed by atoms with Gasteiger partial charge in [0.05, 0.1) is 22.1 Å². The van der Waals surface area contributed by atoms with Gasteiger partial charge in [0.1, 0.15) is 0 Å². The van der Waals surface area contributed by atoms with E-state index in [0.29, 0.717) is 11.5 Å². The van der Waals surface area contributed by atoms with Gasteiger partial charge >= 0.3 is 0 Å². The van der Waals surface area contributed by atoms with Crippen LogP contribution < -0.4 is 15.5 Å². The Morgan fingerprint density at radius 2 is 2.13 bits per heavy atom. The van der Waals surface area contributed by atoms with E-state index in [1.54, 1.807) is 17.5 Å². The maximum atomic E-state index is 11.8. The molecule has 4 rings (SSSR count). The molecule has 8 heteroatoms. The Bertz CT molecular complexity index is 1090. The molecule has 30 heavy (non-hydrogen) atoms. The Labute approximate surface area is 190 Å². The average molecular weight is 457 g/mol. The van der Waals surface area contributed by atoms with Gasteiger partial charge in [0.15, 0.2) is 5.11 Å². The van der Waals surface area contributed by atoms with Crippen LogP contribution in [0.1, 0.15) is 41.6 Å². The van der Waals surface area contributed by atoms with Gasteiger partial charge in [-0.05, 0) is 67.2 Å². The third-order valence-corrected chi connectivity index (χ3v) is 6.68. The van der Waals surface area contributed by atoms with E-state index < -0.39 is 0 Å². The molecule has 0 saturated carbocycles. The number of nitrogens with zero attached hydrogens (tertiary/aromatic N) is 2. The number of anilines is 2. The number of rotatable bonds is 5. The maximum absolute atomic E-state index is 11.8. The third-order valence-electron chi connectivity index (χ3n) is 5.07. The zero-order valence-corrected chi connectivity index (χ0v) is 18.9. The first-order valence-corrected chi connectivity index (χ1v) is 11.2. The van der Waals surface area contributed by atoms with Gasteiger partial charge in [0.25, 0.3) is 0 Å². The van der Waals surface area contributed by atoms with E-state index in [0.717, 1.165) is 31.8 Å². The number of benzene rings is 1. The number of halogens is 1. The van der Waals surface area contributed by atoms with Gasteiger partial charge < -0.3 is 15.5 Å². The molecule has 2 atom stereocenters. The van der Waals surface area contributed by atoms with Gasteiger partial charge in [-0.2, -0.15) is 0 Å². The van der Waals surface area contributed by atoms with Crippen LogP contribution in [0.15, 0.2) is 54.7 Å². The van der Waals surface area contributed by atoms with Crippen molar-refractivity contribution in [1.29, 1.82) is 0 Å². The van der Waals surface area contributed by atoms with Crippen molar-refractivity contribution in [2.75, 3.05) is 10.2 Å². The van der Waals surface area contributed by atoms with Crippen molar-refractivity contribution in [2.24, 2.45) is 0 Å². The maximum Gasteiger partial charge on any atom is 0.224 e. The number of carbonyl (C=O) groups is 1. The molecule has 3 aromatic rings. The Morgan fingerprint density at radius 3 is 2.77 bits per heavy atom. The molecule has 1 fully saturated rings. The zero-order chi connectivity index (χ0) is 21.3. The summed E-state index contributed by atoms with van der Waals surface area (Å²) in [7, 11) is 0. The first-order valence-electron chi connectivity index (χ1n) is 9.64. The summed E-state index contributed by atoms with van der Waals surface area (Å²) in [5.74, 6) is -0.00877. The molecule has 0 unspecified atom stereocenters. The van der Waals surface area contributed by atoms with Crippen LogP contribution in [-0.4, -0.2) is 16.0 Å². The van der Waals surface area contributed by atoms with Crippen molar-refractivity contribution in [3.63, 3.8) is 0 Å². The van der Waals surface area contributed by atoms with E-state index in [9.17, 15) is 4.79 Å². The van der Waals surface area contributed by atoms with Crippen LogP contribution >= 0.6 is 35.2 Å². The van der Waals surface area contributed by atoms with Crippen LogP contribution in [-0.2, 0) is 4.79 Å². The summed E-state index contributed by atoms with van der Waals surface area (Å²) >= 11 is 13.5. The van der Waals surface area contributed by atoms with Crippen molar-refractivity contribution in [3.05, 3.63) is 75.2 Å². The number of aryl methyl sites for hydroxylation is 1. The molecular weight excluding hydrogens is 436 g/mol. The number of nitrogens with one attached hydrogen (secondary N) is 2. The fourth-order valence-electron chi connectivity index (χ4n) is 3.59. The second-order valence-electron chi connectivity index (χ2n) is 7.04. The van der Waals surface area contributed by atoms with E-state index in [2.05, 4.69) is 20.5 Å². The van der Waals surface area contributed by atoms with Crippen molar-refractivity contribution < 1.29 is 4.79 Å². The number of pyridine rings is 1. The number of carbonyl (C=O) groups excluding carboxylic acids is 1. The van der Waals surface area contributed by atoms with Crippen molar-refractivity contribution in [3.8, 4) is 0 Å². The van der Waals surface area contributed by atoms with Crippen molar-refractivity contribution >= 4 is 57.5 Å². The summed E-state index contributed by atoms with van der Waals surface area (Å²) in [6.07, 6.45) is 2.23. The monoisotopic (exact) mass is 456 g/mol. The highest BCUT2D eigenvalue weighted by Crippen LogP contribution is 2.44. The minimum absolute atomic E-state index is 0.00877. The van der Waals surface area contributed by atoms with Crippen molar-refractivity contribution in [1.82, 2.24) is 10.3 Å². The van der Waals surface area contributed by atoms with Crippen LogP contribution in [0.5, 0.6) is 0 Å². The highest BCUT2D eigenvalue weighted by atomic mass is 35.5. The molecular formula is C22H21ClN4OS2. The first-order chi connectivity index (χ1) is 14.5.